The Morgan fingerprint density at radius 3 is 2.83 bits per heavy atom. The third-order valence-electron chi connectivity index (χ3n) is 4.72. The molecule has 6 heteroatoms. The number of carbonyl (C=O) groups excluding carboxylic acids is 1. The summed E-state index contributed by atoms with van der Waals surface area (Å²) in [5.74, 6) is 0.290. The van der Waals surface area contributed by atoms with E-state index in [0.717, 1.165) is 37.8 Å². The van der Waals surface area contributed by atoms with Gasteiger partial charge in [-0.2, -0.15) is 0 Å². The zero-order valence-electron chi connectivity index (χ0n) is 13.4. The van der Waals surface area contributed by atoms with Crippen LogP contribution in [0, 0.1) is 16.0 Å². The van der Waals surface area contributed by atoms with Crippen molar-refractivity contribution in [2.45, 2.75) is 51.2 Å². The molecule has 0 aromatic heterocycles. The summed E-state index contributed by atoms with van der Waals surface area (Å²) in [5.41, 5.74) is 0.919. The summed E-state index contributed by atoms with van der Waals surface area (Å²) in [6.45, 7) is 3.47. The van der Waals surface area contributed by atoms with Crippen LogP contribution in [-0.2, 0) is 11.3 Å². The number of nitro groups is 1. The molecule has 6 nitrogen and oxygen atoms in total. The average Bonchev–Trinajstić information content (AvgIpc) is 3.37. The van der Waals surface area contributed by atoms with Crippen LogP contribution in [0.4, 0.5) is 5.69 Å². The molecular formula is C17H23N3O3. The van der Waals surface area contributed by atoms with E-state index in [0.29, 0.717) is 18.6 Å². The van der Waals surface area contributed by atoms with Crippen molar-refractivity contribution in [3.8, 4) is 0 Å². The lowest BCUT2D eigenvalue weighted by Crippen LogP contribution is -2.44. The van der Waals surface area contributed by atoms with Crippen LogP contribution in [-0.4, -0.2) is 34.4 Å². The third kappa shape index (κ3) is 3.88. The minimum atomic E-state index is -0.388. The van der Waals surface area contributed by atoms with Crippen molar-refractivity contribution in [2.24, 2.45) is 5.92 Å². The molecule has 0 bridgehead atoms. The van der Waals surface area contributed by atoms with Crippen LogP contribution in [0.25, 0.3) is 0 Å². The highest BCUT2D eigenvalue weighted by Crippen LogP contribution is 2.32. The molecule has 1 saturated heterocycles. The molecule has 1 aliphatic heterocycles. The van der Waals surface area contributed by atoms with Gasteiger partial charge in [-0.25, -0.2) is 0 Å². The molecule has 1 aromatic rings. The molecule has 124 valence electrons. The highest BCUT2D eigenvalue weighted by Gasteiger charge is 2.37. The number of hydrogen-bond acceptors (Lipinski definition) is 4. The molecule has 0 radical (unpaired) electrons. The Hall–Kier alpha value is -1.95. The monoisotopic (exact) mass is 317 g/mol. The summed E-state index contributed by atoms with van der Waals surface area (Å²) < 4.78 is 0. The van der Waals surface area contributed by atoms with Crippen LogP contribution < -0.4 is 5.32 Å². The van der Waals surface area contributed by atoms with E-state index in [-0.39, 0.29) is 22.4 Å². The molecule has 0 spiro atoms. The van der Waals surface area contributed by atoms with Gasteiger partial charge >= 0.3 is 0 Å². The molecule has 1 heterocycles. The predicted molar refractivity (Wildman–Crippen MR) is 86.9 cm³/mol. The van der Waals surface area contributed by atoms with E-state index in [1.54, 1.807) is 12.1 Å². The number of nitro benzene ring substituents is 1. The number of hydrogen-bond donors (Lipinski definition) is 1. The predicted octanol–water partition coefficient (Wildman–Crippen LogP) is 2.47. The van der Waals surface area contributed by atoms with E-state index < -0.39 is 0 Å². The lowest BCUT2D eigenvalue weighted by Gasteiger charge is -2.32. The molecule has 2 atom stereocenters. The van der Waals surface area contributed by atoms with E-state index >= 15 is 0 Å². The molecule has 1 aromatic carbocycles. The summed E-state index contributed by atoms with van der Waals surface area (Å²) in [6, 6.07) is 7.30. The first-order valence-corrected chi connectivity index (χ1v) is 8.32. The molecule has 1 amide bonds. The van der Waals surface area contributed by atoms with Gasteiger partial charge in [-0.1, -0.05) is 12.1 Å². The second kappa shape index (κ2) is 6.66. The Labute approximate surface area is 136 Å². The Bertz CT molecular complexity index is 601. The van der Waals surface area contributed by atoms with Crippen LogP contribution in [0.5, 0.6) is 0 Å². The first-order chi connectivity index (χ1) is 11.0. The molecule has 23 heavy (non-hydrogen) atoms. The maximum absolute atomic E-state index is 12.9. The van der Waals surface area contributed by atoms with Gasteiger partial charge in [0.15, 0.2) is 0 Å². The molecule has 1 N–H and O–H groups in total. The van der Waals surface area contributed by atoms with E-state index in [9.17, 15) is 14.9 Å². The van der Waals surface area contributed by atoms with Gasteiger partial charge in [0, 0.05) is 36.7 Å². The number of piperidine rings is 1. The third-order valence-corrected chi connectivity index (χ3v) is 4.72. The smallest absolute Gasteiger partial charge is 0.269 e. The van der Waals surface area contributed by atoms with E-state index in [2.05, 4.69) is 12.2 Å². The molecule has 2 fully saturated rings. The van der Waals surface area contributed by atoms with Gasteiger partial charge in [0.2, 0.25) is 5.91 Å². The summed E-state index contributed by atoms with van der Waals surface area (Å²) in [4.78, 5) is 25.4. The summed E-state index contributed by atoms with van der Waals surface area (Å²) in [5, 5.41) is 14.3. The molecule has 2 aliphatic rings. The standard InChI is InChI=1S/C17H23N3O3/c1-12-9-14(7-8-18-12)17(21)19(15-5-6-15)11-13-3-2-4-16(10-13)20(22)23/h2-4,10,12,14-15,18H,5-9,11H2,1H3/t12-,14-/m0/s1. The largest absolute Gasteiger partial charge is 0.335 e. The summed E-state index contributed by atoms with van der Waals surface area (Å²) in [6.07, 6.45) is 3.83. The Morgan fingerprint density at radius 1 is 1.39 bits per heavy atom. The van der Waals surface area contributed by atoms with Crippen LogP contribution in [0.1, 0.15) is 38.2 Å². The van der Waals surface area contributed by atoms with Crippen molar-refractivity contribution in [1.29, 1.82) is 0 Å². The van der Waals surface area contributed by atoms with Gasteiger partial charge in [0.05, 0.1) is 4.92 Å². The van der Waals surface area contributed by atoms with Gasteiger partial charge in [-0.05, 0) is 44.7 Å². The van der Waals surface area contributed by atoms with Crippen molar-refractivity contribution >= 4 is 11.6 Å². The van der Waals surface area contributed by atoms with Crippen LogP contribution in [0.15, 0.2) is 24.3 Å². The fourth-order valence-corrected chi connectivity index (χ4v) is 3.33. The van der Waals surface area contributed by atoms with Crippen LogP contribution in [0.2, 0.25) is 0 Å². The highest BCUT2D eigenvalue weighted by molar-refractivity contribution is 5.79. The van der Waals surface area contributed by atoms with Crippen molar-refractivity contribution < 1.29 is 9.72 Å². The number of non-ortho nitro benzene ring substituents is 1. The van der Waals surface area contributed by atoms with Gasteiger partial charge < -0.3 is 10.2 Å². The highest BCUT2D eigenvalue weighted by atomic mass is 16.6. The van der Waals surface area contributed by atoms with Crippen LogP contribution >= 0.6 is 0 Å². The van der Waals surface area contributed by atoms with Gasteiger partial charge in [0.25, 0.3) is 5.69 Å². The topological polar surface area (TPSA) is 75.5 Å². The fraction of sp³-hybridized carbons (Fsp3) is 0.588. The zero-order valence-corrected chi connectivity index (χ0v) is 13.4. The van der Waals surface area contributed by atoms with E-state index in [1.807, 2.05) is 11.0 Å². The van der Waals surface area contributed by atoms with Gasteiger partial charge in [-0.3, -0.25) is 14.9 Å². The normalized spacial score (nSPS) is 24.2. The molecule has 1 aliphatic carbocycles. The minimum absolute atomic E-state index is 0.0746. The minimum Gasteiger partial charge on any atom is -0.335 e. The molecule has 1 saturated carbocycles. The fourth-order valence-electron chi connectivity index (χ4n) is 3.33. The first kappa shape index (κ1) is 15.9. The quantitative estimate of drug-likeness (QED) is 0.668. The number of carbonyl (C=O) groups is 1. The Kier molecular flexibility index (Phi) is 4.61. The zero-order chi connectivity index (χ0) is 16.4. The van der Waals surface area contributed by atoms with Gasteiger partial charge in [0.1, 0.15) is 0 Å². The number of nitrogens with one attached hydrogen (secondary N) is 1. The second-order valence-corrected chi connectivity index (χ2v) is 6.70. The van der Waals surface area contributed by atoms with Crippen molar-refractivity contribution in [3.05, 3.63) is 39.9 Å². The van der Waals surface area contributed by atoms with Crippen molar-refractivity contribution in [2.75, 3.05) is 6.54 Å². The Balaban J connectivity index is 1.73. The SMILES string of the molecule is C[C@H]1C[C@@H](C(=O)N(Cc2cccc([N+](=O)[O-])c2)C2CC2)CCN1. The van der Waals surface area contributed by atoms with Gasteiger partial charge in [-0.15, -0.1) is 0 Å². The molecular weight excluding hydrogens is 294 g/mol. The number of nitrogens with zero attached hydrogens (tertiary/aromatic N) is 2. The molecule has 0 unspecified atom stereocenters. The number of amides is 1. The maximum atomic E-state index is 12.9. The second-order valence-electron chi connectivity index (χ2n) is 6.70. The lowest BCUT2D eigenvalue weighted by atomic mass is 9.91. The first-order valence-electron chi connectivity index (χ1n) is 8.32. The number of benzene rings is 1. The average molecular weight is 317 g/mol. The van der Waals surface area contributed by atoms with Crippen molar-refractivity contribution in [3.63, 3.8) is 0 Å². The maximum Gasteiger partial charge on any atom is 0.269 e. The van der Waals surface area contributed by atoms with E-state index in [1.165, 1.54) is 6.07 Å². The lowest BCUT2D eigenvalue weighted by molar-refractivity contribution is -0.384. The molecule has 3 rings (SSSR count). The van der Waals surface area contributed by atoms with Crippen molar-refractivity contribution in [1.82, 2.24) is 10.2 Å². The Morgan fingerprint density at radius 2 is 2.17 bits per heavy atom. The summed E-state index contributed by atoms with van der Waals surface area (Å²) in [7, 11) is 0. The van der Waals surface area contributed by atoms with Crippen LogP contribution in [0.3, 0.4) is 0 Å². The number of rotatable bonds is 5. The summed E-state index contributed by atoms with van der Waals surface area (Å²) >= 11 is 0. The van der Waals surface area contributed by atoms with E-state index in [4.69, 9.17) is 0 Å².